The molecule has 0 atom stereocenters. The molecule has 0 aliphatic rings. The van der Waals surface area contributed by atoms with E-state index in [2.05, 4.69) is 4.42 Å². The van der Waals surface area contributed by atoms with Gasteiger partial charge in [0.15, 0.2) is 6.26 Å². The van der Waals surface area contributed by atoms with Crippen LogP contribution in [-0.4, -0.2) is 0 Å². The second-order valence-electron chi connectivity index (χ2n) is 0.974. The van der Waals surface area contributed by atoms with Crippen LogP contribution in [0.25, 0.3) is 0 Å². The molecule has 0 amide bonds. The van der Waals surface area contributed by atoms with E-state index in [1.807, 2.05) is 0 Å². The number of nitrogens with two attached hydrogens (primary N) is 1. The van der Waals surface area contributed by atoms with Crippen molar-refractivity contribution in [2.24, 2.45) is 0 Å². The molecule has 0 unspecified atom stereocenters. The third-order valence-electron chi connectivity index (χ3n) is 0.494. The summed E-state index contributed by atoms with van der Waals surface area (Å²) < 4.78 is 5.89. The quantitative estimate of drug-likeness (QED) is 0.334. The van der Waals surface area contributed by atoms with Crippen LogP contribution < -0.4 is 10.5 Å². The molecule has 3 nitrogen and oxygen atoms in total. The lowest BCUT2D eigenvalue weighted by Crippen LogP contribution is -2.41. The molecule has 0 aliphatic heterocycles. The number of hydrogen-bond acceptors (Lipinski definition) is 2. The normalized spacial score (nSPS) is 8.67. The molecule has 0 saturated heterocycles. The van der Waals surface area contributed by atoms with Crippen LogP contribution in [0.1, 0.15) is 0 Å². The minimum atomic E-state index is 1.33. The van der Waals surface area contributed by atoms with E-state index in [1.165, 1.54) is 17.3 Å². The Kier molecular flexibility index (Phi) is 0.538. The molecule has 6 heavy (non-hydrogen) atoms. The number of nitrogen functional groups attached to an aromatic ring is 1. The minimum Gasteiger partial charge on any atom is -0.410 e. The highest BCUT2D eigenvalue weighted by Crippen LogP contribution is 1.67. The Morgan fingerprint density at radius 1 is 1.67 bits per heavy atom. The van der Waals surface area contributed by atoms with Crippen molar-refractivity contribution in [2.45, 2.75) is 0 Å². The van der Waals surface area contributed by atoms with Crippen LogP contribution in [0.4, 0.5) is 0 Å². The molecule has 0 aromatic carbocycles. The number of nitrogens with zero attached hydrogens (tertiary/aromatic N) is 1. The first-order valence-electron chi connectivity index (χ1n) is 1.58. The van der Waals surface area contributed by atoms with Gasteiger partial charge < -0.3 is 4.42 Å². The number of rotatable bonds is 0. The van der Waals surface area contributed by atoms with E-state index in [0.717, 1.165) is 0 Å². The van der Waals surface area contributed by atoms with Gasteiger partial charge in [0.05, 0.1) is 0 Å². The first-order chi connectivity index (χ1) is 2.89. The molecule has 2 N–H and O–H groups in total. The summed E-state index contributed by atoms with van der Waals surface area (Å²) in [6.07, 6.45) is 4.51. The van der Waals surface area contributed by atoms with Crippen LogP contribution in [0.3, 0.4) is 0 Å². The van der Waals surface area contributed by atoms with Gasteiger partial charge in [-0.25, -0.2) is 5.84 Å². The molecule has 0 radical (unpaired) electrons. The SMILES string of the molecule is N[n+]1ccoc1. The van der Waals surface area contributed by atoms with E-state index in [0.29, 0.717) is 0 Å². The Morgan fingerprint density at radius 3 is 2.67 bits per heavy atom. The van der Waals surface area contributed by atoms with Gasteiger partial charge >= 0.3 is 6.39 Å². The smallest absolute Gasteiger partial charge is 0.363 e. The average Bonchev–Trinajstić information content (AvgIpc) is 1.86. The highest BCUT2D eigenvalue weighted by molar-refractivity contribution is 4.45. The molecule has 0 bridgehead atoms. The fraction of sp³-hybridized carbons (Fsp3) is 0. The van der Waals surface area contributed by atoms with Gasteiger partial charge in [0, 0.05) is 0 Å². The molecular formula is C3H5N2O+. The highest BCUT2D eigenvalue weighted by atomic mass is 16.3. The monoisotopic (exact) mass is 85.0 g/mol. The molecular weight excluding hydrogens is 80.0 g/mol. The molecule has 3 heteroatoms. The Balaban J connectivity index is 3.05. The first-order valence-corrected chi connectivity index (χ1v) is 1.58. The second kappa shape index (κ2) is 1.01. The number of oxazole rings is 1. The van der Waals surface area contributed by atoms with Crippen molar-refractivity contribution in [1.82, 2.24) is 0 Å². The lowest BCUT2D eigenvalue weighted by molar-refractivity contribution is -0.642. The lowest BCUT2D eigenvalue weighted by atomic mass is 11.0. The molecule has 1 heterocycles. The summed E-state index contributed by atoms with van der Waals surface area (Å²) in [5.74, 6) is 5.10. The van der Waals surface area contributed by atoms with Crippen LogP contribution in [0.15, 0.2) is 23.3 Å². The third kappa shape index (κ3) is 0.337. The van der Waals surface area contributed by atoms with E-state index < -0.39 is 0 Å². The summed E-state index contributed by atoms with van der Waals surface area (Å²) in [5.41, 5.74) is 0. The van der Waals surface area contributed by atoms with Gasteiger partial charge in [-0.05, 0) is 0 Å². The zero-order valence-electron chi connectivity index (χ0n) is 3.16. The molecule has 0 fully saturated rings. The summed E-state index contributed by atoms with van der Waals surface area (Å²) in [6, 6.07) is 0. The van der Waals surface area contributed by atoms with E-state index in [-0.39, 0.29) is 0 Å². The zero-order chi connectivity index (χ0) is 4.41. The summed E-state index contributed by atoms with van der Waals surface area (Å²) in [6.45, 7) is 0. The molecule has 0 saturated carbocycles. The van der Waals surface area contributed by atoms with Crippen molar-refractivity contribution >= 4 is 0 Å². The molecule has 32 valence electrons. The number of aromatic nitrogens is 1. The topological polar surface area (TPSA) is 43.0 Å². The van der Waals surface area contributed by atoms with E-state index >= 15 is 0 Å². The fourth-order valence-corrected chi connectivity index (χ4v) is 0.246. The predicted octanol–water partition coefficient (Wildman–Crippen LogP) is -0.719. The third-order valence-corrected chi connectivity index (χ3v) is 0.494. The summed E-state index contributed by atoms with van der Waals surface area (Å²) in [4.78, 5) is 0. The highest BCUT2D eigenvalue weighted by Gasteiger charge is 1.84. The minimum absolute atomic E-state index is 1.33. The fourth-order valence-electron chi connectivity index (χ4n) is 0.246. The van der Waals surface area contributed by atoms with Crippen LogP contribution >= 0.6 is 0 Å². The van der Waals surface area contributed by atoms with Crippen molar-refractivity contribution in [3.05, 3.63) is 18.9 Å². The van der Waals surface area contributed by atoms with E-state index in [1.54, 1.807) is 6.20 Å². The maximum absolute atomic E-state index is 5.10. The summed E-state index contributed by atoms with van der Waals surface area (Å²) in [5, 5.41) is 0. The van der Waals surface area contributed by atoms with Crippen molar-refractivity contribution < 1.29 is 9.09 Å². The van der Waals surface area contributed by atoms with Crippen LogP contribution in [0.5, 0.6) is 0 Å². The van der Waals surface area contributed by atoms with Gasteiger partial charge in [0.2, 0.25) is 6.20 Å². The largest absolute Gasteiger partial charge is 0.410 e. The van der Waals surface area contributed by atoms with Crippen LogP contribution in [0.2, 0.25) is 0 Å². The first kappa shape index (κ1) is 3.21. The summed E-state index contributed by atoms with van der Waals surface area (Å²) in [7, 11) is 0. The Labute approximate surface area is 35.0 Å². The lowest BCUT2D eigenvalue weighted by Gasteiger charge is -1.60. The van der Waals surface area contributed by atoms with Gasteiger partial charge in [0.1, 0.15) is 0 Å². The van der Waals surface area contributed by atoms with Gasteiger partial charge in [-0.15, -0.1) is 0 Å². The Morgan fingerprint density at radius 2 is 2.50 bits per heavy atom. The second-order valence-corrected chi connectivity index (χ2v) is 0.974. The molecule has 0 spiro atoms. The van der Waals surface area contributed by atoms with Crippen molar-refractivity contribution in [2.75, 3.05) is 5.84 Å². The van der Waals surface area contributed by atoms with Crippen LogP contribution in [0, 0.1) is 0 Å². The van der Waals surface area contributed by atoms with Gasteiger partial charge in [-0.3, -0.25) is 0 Å². The molecule has 1 aromatic rings. The van der Waals surface area contributed by atoms with Crippen molar-refractivity contribution in [1.29, 1.82) is 0 Å². The molecule has 1 rings (SSSR count). The average molecular weight is 85.1 g/mol. The van der Waals surface area contributed by atoms with Gasteiger partial charge in [-0.2, -0.15) is 0 Å². The Hall–Kier alpha value is -0.990. The van der Waals surface area contributed by atoms with Crippen molar-refractivity contribution in [3.8, 4) is 0 Å². The maximum atomic E-state index is 5.10. The van der Waals surface area contributed by atoms with Gasteiger partial charge in [0.25, 0.3) is 0 Å². The van der Waals surface area contributed by atoms with Gasteiger partial charge in [-0.1, -0.05) is 4.68 Å². The molecule has 0 aliphatic carbocycles. The zero-order valence-corrected chi connectivity index (χ0v) is 3.16. The van der Waals surface area contributed by atoms with E-state index in [4.69, 9.17) is 5.84 Å². The Bertz CT molecular complexity index is 112. The number of hydrogen-bond donors (Lipinski definition) is 1. The molecule has 1 aromatic heterocycles. The predicted molar refractivity (Wildman–Crippen MR) is 19.1 cm³/mol. The van der Waals surface area contributed by atoms with Crippen LogP contribution in [-0.2, 0) is 0 Å². The van der Waals surface area contributed by atoms with Crippen molar-refractivity contribution in [3.63, 3.8) is 0 Å². The van der Waals surface area contributed by atoms with E-state index in [9.17, 15) is 0 Å². The summed E-state index contributed by atoms with van der Waals surface area (Å²) >= 11 is 0. The maximum Gasteiger partial charge on any atom is 0.363 e. The standard InChI is InChI=1S/C3H5N2O/c4-5-1-2-6-3-5/h1-3H,4H2/q+1.